The zero-order valence-corrected chi connectivity index (χ0v) is 19.5. The third-order valence-corrected chi connectivity index (χ3v) is 7.19. The Morgan fingerprint density at radius 3 is 1.47 bits per heavy atom. The van der Waals surface area contributed by atoms with E-state index in [2.05, 4.69) is 106 Å². The molecule has 0 spiro atoms. The summed E-state index contributed by atoms with van der Waals surface area (Å²) in [6, 6.07) is 27.0. The Labute approximate surface area is 191 Å². The van der Waals surface area contributed by atoms with Crippen molar-refractivity contribution in [2.24, 2.45) is 0 Å². The number of nitrogen functional groups attached to an aromatic ring is 1. The van der Waals surface area contributed by atoms with Gasteiger partial charge in [-0.3, -0.25) is 0 Å². The van der Waals surface area contributed by atoms with E-state index in [0.717, 1.165) is 16.8 Å². The predicted octanol–water partition coefficient (Wildman–Crippen LogP) is 6.91. The normalized spacial score (nSPS) is 13.5. The molecule has 4 aromatic carbocycles. The first-order valence-electron chi connectivity index (χ1n) is 11.3. The molecule has 0 saturated heterocycles. The Hall–Kier alpha value is -3.52. The van der Waals surface area contributed by atoms with Crippen molar-refractivity contribution >= 4 is 11.4 Å². The van der Waals surface area contributed by atoms with Crippen LogP contribution >= 0.6 is 0 Å². The maximum absolute atomic E-state index is 6.40. The Balaban J connectivity index is 1.98. The van der Waals surface area contributed by atoms with Gasteiger partial charge in [-0.1, -0.05) is 72.8 Å². The van der Waals surface area contributed by atoms with Crippen LogP contribution in [0.2, 0.25) is 0 Å². The third kappa shape index (κ3) is 2.65. The highest BCUT2D eigenvalue weighted by molar-refractivity contribution is 5.87. The molecular weight excluding hydrogens is 388 g/mol. The van der Waals surface area contributed by atoms with Crippen LogP contribution in [0.5, 0.6) is 0 Å². The molecule has 0 fully saturated rings. The highest BCUT2D eigenvalue weighted by atomic mass is 14.8. The first kappa shape index (κ1) is 20.4. The molecular formula is C30H30N2. The van der Waals surface area contributed by atoms with Gasteiger partial charge in [0.25, 0.3) is 0 Å². The predicted molar refractivity (Wildman–Crippen MR) is 137 cm³/mol. The minimum atomic E-state index is -0.391. The van der Waals surface area contributed by atoms with Gasteiger partial charge in [-0.2, -0.15) is 0 Å². The highest BCUT2D eigenvalue weighted by Crippen LogP contribution is 2.56. The quantitative estimate of drug-likeness (QED) is 0.313. The molecule has 1 aliphatic carbocycles. The second-order valence-electron chi connectivity index (χ2n) is 9.10. The maximum atomic E-state index is 6.40. The lowest BCUT2D eigenvalue weighted by molar-refractivity contribution is 0.764. The van der Waals surface area contributed by atoms with Crippen molar-refractivity contribution in [1.82, 2.24) is 0 Å². The van der Waals surface area contributed by atoms with Gasteiger partial charge < -0.3 is 11.1 Å². The van der Waals surface area contributed by atoms with Gasteiger partial charge in [-0.25, -0.2) is 0 Å². The molecule has 0 aromatic heterocycles. The van der Waals surface area contributed by atoms with Gasteiger partial charge in [0.2, 0.25) is 0 Å². The van der Waals surface area contributed by atoms with Crippen LogP contribution in [-0.2, 0) is 5.41 Å². The fraction of sp³-hybridized carbons (Fsp3) is 0.200. The molecule has 0 aliphatic heterocycles. The van der Waals surface area contributed by atoms with E-state index in [-0.39, 0.29) is 0 Å². The van der Waals surface area contributed by atoms with Gasteiger partial charge in [0.1, 0.15) is 0 Å². The topological polar surface area (TPSA) is 38.0 Å². The van der Waals surface area contributed by atoms with Crippen LogP contribution in [-0.4, -0.2) is 7.05 Å². The molecule has 3 N–H and O–H groups in total. The summed E-state index contributed by atoms with van der Waals surface area (Å²) >= 11 is 0. The molecule has 2 nitrogen and oxygen atoms in total. The number of hydrogen-bond donors (Lipinski definition) is 2. The lowest BCUT2D eigenvalue weighted by atomic mass is 9.66. The smallest absolute Gasteiger partial charge is 0.0714 e. The second-order valence-corrected chi connectivity index (χ2v) is 9.10. The van der Waals surface area contributed by atoms with Crippen LogP contribution in [0.3, 0.4) is 0 Å². The van der Waals surface area contributed by atoms with E-state index >= 15 is 0 Å². The average Bonchev–Trinajstić information content (AvgIpc) is 3.08. The standard InChI is InChI=1S/C30H30N2/c1-18-14-22(15-19(2)28(18)31)30(23-16-20(3)29(32-5)21(4)17-23)26-12-8-6-10-24(26)25-11-7-9-13-27(25)30/h6-17,32H,31H2,1-5H3. The SMILES string of the molecule is CNc1c(C)cc(C2(c3cc(C)c(N)c(C)c3)c3ccccc3-c3ccccc32)cc1C. The molecule has 160 valence electrons. The number of benzene rings is 4. The second kappa shape index (κ2) is 7.27. The molecule has 2 heteroatoms. The summed E-state index contributed by atoms with van der Waals surface area (Å²) in [5, 5.41) is 3.38. The van der Waals surface area contributed by atoms with Crippen LogP contribution in [0.15, 0.2) is 72.8 Å². The van der Waals surface area contributed by atoms with Crippen molar-refractivity contribution in [3.63, 3.8) is 0 Å². The molecule has 0 atom stereocenters. The van der Waals surface area contributed by atoms with Gasteiger partial charge >= 0.3 is 0 Å². The lowest BCUT2D eigenvalue weighted by Crippen LogP contribution is -2.29. The molecule has 0 amide bonds. The molecule has 0 heterocycles. The summed E-state index contributed by atoms with van der Waals surface area (Å²) < 4.78 is 0. The number of aryl methyl sites for hydroxylation is 4. The Morgan fingerprint density at radius 1 is 0.625 bits per heavy atom. The highest BCUT2D eigenvalue weighted by Gasteiger charge is 2.46. The molecule has 5 rings (SSSR count). The van der Waals surface area contributed by atoms with E-state index in [1.165, 1.54) is 50.2 Å². The van der Waals surface area contributed by atoms with Crippen molar-refractivity contribution < 1.29 is 0 Å². The number of nitrogens with one attached hydrogen (secondary N) is 1. The van der Waals surface area contributed by atoms with E-state index in [4.69, 9.17) is 5.73 Å². The summed E-state index contributed by atoms with van der Waals surface area (Å²) in [6.07, 6.45) is 0. The van der Waals surface area contributed by atoms with E-state index < -0.39 is 5.41 Å². The summed E-state index contributed by atoms with van der Waals surface area (Å²) in [5.74, 6) is 0. The summed E-state index contributed by atoms with van der Waals surface area (Å²) in [7, 11) is 2.00. The van der Waals surface area contributed by atoms with Crippen LogP contribution in [0.25, 0.3) is 11.1 Å². The Bertz CT molecular complexity index is 1270. The largest absolute Gasteiger partial charge is 0.398 e. The van der Waals surface area contributed by atoms with Crippen molar-refractivity contribution in [2.45, 2.75) is 33.1 Å². The monoisotopic (exact) mass is 418 g/mol. The third-order valence-electron chi connectivity index (χ3n) is 7.19. The fourth-order valence-corrected chi connectivity index (χ4v) is 5.79. The van der Waals surface area contributed by atoms with E-state index in [1.807, 2.05) is 7.05 Å². The minimum absolute atomic E-state index is 0.391. The Morgan fingerprint density at radius 2 is 1.03 bits per heavy atom. The molecule has 0 unspecified atom stereocenters. The zero-order chi connectivity index (χ0) is 22.6. The van der Waals surface area contributed by atoms with Crippen LogP contribution in [0.4, 0.5) is 11.4 Å². The molecule has 0 saturated carbocycles. The van der Waals surface area contributed by atoms with Crippen LogP contribution in [0, 0.1) is 27.7 Å². The first-order valence-corrected chi connectivity index (χ1v) is 11.3. The number of nitrogens with two attached hydrogens (primary N) is 1. The summed E-state index contributed by atoms with van der Waals surface area (Å²) in [5.41, 5.74) is 20.7. The van der Waals surface area contributed by atoms with Crippen molar-refractivity contribution in [3.05, 3.63) is 117 Å². The van der Waals surface area contributed by atoms with Gasteiger partial charge in [0.05, 0.1) is 5.41 Å². The van der Waals surface area contributed by atoms with E-state index in [1.54, 1.807) is 0 Å². The number of rotatable bonds is 3. The van der Waals surface area contributed by atoms with E-state index in [0.29, 0.717) is 0 Å². The van der Waals surface area contributed by atoms with E-state index in [9.17, 15) is 0 Å². The van der Waals surface area contributed by atoms with Crippen molar-refractivity contribution in [3.8, 4) is 11.1 Å². The lowest BCUT2D eigenvalue weighted by Gasteiger charge is -2.35. The molecule has 0 radical (unpaired) electrons. The number of fused-ring (bicyclic) bond motifs is 3. The summed E-state index contributed by atoms with van der Waals surface area (Å²) in [4.78, 5) is 0. The van der Waals surface area contributed by atoms with Gasteiger partial charge in [0, 0.05) is 18.4 Å². The van der Waals surface area contributed by atoms with Crippen molar-refractivity contribution in [1.29, 1.82) is 0 Å². The average molecular weight is 419 g/mol. The molecule has 1 aliphatic rings. The van der Waals surface area contributed by atoms with Gasteiger partial charge in [0.15, 0.2) is 0 Å². The molecule has 0 bridgehead atoms. The Kier molecular flexibility index (Phi) is 4.63. The zero-order valence-electron chi connectivity index (χ0n) is 19.5. The number of anilines is 2. The van der Waals surface area contributed by atoms with Crippen LogP contribution < -0.4 is 11.1 Å². The first-order chi connectivity index (χ1) is 15.4. The fourth-order valence-electron chi connectivity index (χ4n) is 5.79. The maximum Gasteiger partial charge on any atom is 0.0714 e. The number of hydrogen-bond acceptors (Lipinski definition) is 2. The van der Waals surface area contributed by atoms with Crippen LogP contribution in [0.1, 0.15) is 44.5 Å². The van der Waals surface area contributed by atoms with Crippen molar-refractivity contribution in [2.75, 3.05) is 18.1 Å². The summed E-state index contributed by atoms with van der Waals surface area (Å²) in [6.45, 7) is 8.63. The van der Waals surface area contributed by atoms with Gasteiger partial charge in [-0.05, 0) is 83.3 Å². The minimum Gasteiger partial charge on any atom is -0.398 e. The molecule has 32 heavy (non-hydrogen) atoms. The van der Waals surface area contributed by atoms with Gasteiger partial charge in [-0.15, -0.1) is 0 Å². The molecule has 4 aromatic rings.